The molecule has 0 fully saturated rings. The quantitative estimate of drug-likeness (QED) is 0.0312. The third kappa shape index (κ3) is 16.6. The van der Waals surface area contributed by atoms with Crippen molar-refractivity contribution >= 4 is 45.1 Å². The highest BCUT2D eigenvalue weighted by Gasteiger charge is 2.27. The molecule has 18 heteroatoms. The number of thiophene rings is 1. The molecule has 0 unspecified atom stereocenters. The maximum atomic E-state index is 13.5. The van der Waals surface area contributed by atoms with Crippen LogP contribution in [0, 0.1) is 160 Å². The molecule has 6 rings (SSSR count). The second-order valence-corrected chi connectivity index (χ2v) is 13.5. The lowest BCUT2D eigenvalue weighted by Gasteiger charge is -2.28. The Morgan fingerprint density at radius 1 is 0.786 bits per heavy atom. The molecule has 4 heterocycles. The van der Waals surface area contributed by atoms with E-state index in [4.69, 9.17) is 33.1 Å². The predicted octanol–water partition coefficient (Wildman–Crippen LogP) is 7.90. The zero-order valence-corrected chi connectivity index (χ0v) is 38.5. The second kappa shape index (κ2) is 30.7. The number of hydrogen-bond acceptors (Lipinski definition) is 13. The van der Waals surface area contributed by atoms with Crippen LogP contribution in [0.25, 0.3) is 15.9 Å². The molecule has 70 heavy (non-hydrogen) atoms. The van der Waals surface area contributed by atoms with Crippen molar-refractivity contribution < 1.29 is 39.7 Å². The minimum absolute atomic E-state index is 0. The number of nitrogens with one attached hydrogen (secondary N) is 1. The topological polar surface area (TPSA) is 177 Å². The lowest BCUT2D eigenvalue weighted by molar-refractivity contribution is -0.478. The molecule has 1 aliphatic heterocycles. The molecule has 3 aromatic heterocycles. The van der Waals surface area contributed by atoms with Crippen LogP contribution in [0.15, 0.2) is 75.3 Å². The third-order valence-corrected chi connectivity index (χ3v) is 9.75. The third-order valence-electron chi connectivity index (χ3n) is 8.30. The molecule has 2 aromatic carbocycles. The van der Waals surface area contributed by atoms with Gasteiger partial charge < -0.3 is 14.4 Å². The summed E-state index contributed by atoms with van der Waals surface area (Å²) < 4.78 is 17.9. The van der Waals surface area contributed by atoms with Crippen LogP contribution in [0.1, 0.15) is 38.8 Å². The van der Waals surface area contributed by atoms with Crippen molar-refractivity contribution in [1.29, 1.82) is 5.53 Å². The number of methoxy groups -OCH3 is 2. The van der Waals surface area contributed by atoms with Crippen molar-refractivity contribution in [1.82, 2.24) is 24.5 Å². The number of anilines is 1. The fourth-order valence-electron chi connectivity index (χ4n) is 5.70. The monoisotopic (exact) mass is 976 g/mol. The molecule has 0 atom stereocenters. The number of aryl methyl sites for hydroxylation is 1. The molecule has 5 aromatic rings. The Morgan fingerprint density at radius 2 is 1.33 bits per heavy atom. The number of hydrogen-bond donors (Lipinski definition) is 3. The first-order chi connectivity index (χ1) is 34.4. The molecular formula is C52H52N10O6S2. The van der Waals surface area contributed by atoms with Crippen molar-refractivity contribution in [2.45, 2.75) is 25.9 Å². The van der Waals surface area contributed by atoms with Crippen LogP contribution in [-0.4, -0.2) is 50.5 Å². The summed E-state index contributed by atoms with van der Waals surface area (Å²) >= 11 is 4.83. The first kappa shape index (κ1) is 52.3. The molecule has 0 saturated heterocycles. The Hall–Kier alpha value is -10.3. The Balaban J connectivity index is -0.000000175. The van der Waals surface area contributed by atoms with Gasteiger partial charge in [-0.1, -0.05) is 52.7 Å². The fraction of sp³-hybridized carbons (Fsp3) is 0.135. The van der Waals surface area contributed by atoms with E-state index in [9.17, 15) is 4.79 Å². The molecule has 0 radical (unpaired) electrons. The van der Waals surface area contributed by atoms with E-state index in [1.54, 1.807) is 25.6 Å². The van der Waals surface area contributed by atoms with Crippen LogP contribution >= 0.6 is 24.2 Å². The SMILES string of the molecule is C#CC#CC#CC#CC#CC#CC#CC#CC#CC#CC#CC#CC#C.COc1ccc(Cn2c(=O)n3ncnc3c3c4c(sc32)N(Cc2ccccc2)CCC4)cc1OC.N=N/N=N/N(OO)OS.[HH].[HH].[HH].[HH].[HH].[HH].[HH].[HH].[HH].[HH].[HH]. The summed E-state index contributed by atoms with van der Waals surface area (Å²) in [6.07, 6.45) is 13.3. The minimum Gasteiger partial charge on any atom is -0.493 e. The van der Waals surface area contributed by atoms with Gasteiger partial charge in [-0.2, -0.15) is 19.4 Å². The van der Waals surface area contributed by atoms with E-state index >= 15 is 0 Å². The van der Waals surface area contributed by atoms with E-state index < -0.39 is 0 Å². The molecule has 358 valence electrons. The maximum absolute atomic E-state index is 13.5. The number of terminal acetylenes is 2. The molecule has 0 saturated carbocycles. The van der Waals surface area contributed by atoms with Gasteiger partial charge >= 0.3 is 5.69 Å². The van der Waals surface area contributed by atoms with Gasteiger partial charge in [0.25, 0.3) is 0 Å². The lowest BCUT2D eigenvalue weighted by Crippen LogP contribution is -2.28. The Morgan fingerprint density at radius 3 is 1.81 bits per heavy atom. The zero-order chi connectivity index (χ0) is 50.0. The van der Waals surface area contributed by atoms with Crippen LogP contribution in [-0.2, 0) is 28.8 Å². The van der Waals surface area contributed by atoms with Crippen molar-refractivity contribution in [2.75, 3.05) is 25.7 Å². The molecule has 1 aliphatic rings. The summed E-state index contributed by atoms with van der Waals surface area (Å²) in [6, 6.07) is 16.2. The van der Waals surface area contributed by atoms with Crippen molar-refractivity contribution in [3.63, 3.8) is 0 Å². The van der Waals surface area contributed by atoms with E-state index in [1.165, 1.54) is 27.0 Å². The molecule has 0 aliphatic carbocycles. The molecular weight excluding hydrogens is 925 g/mol. The first-order valence-electron chi connectivity index (χ1n) is 19.4. The minimum atomic E-state index is -0.201. The Labute approximate surface area is 429 Å². The van der Waals surface area contributed by atoms with E-state index in [1.807, 2.05) is 28.8 Å². The molecule has 0 bridgehead atoms. The maximum Gasteiger partial charge on any atom is 0.352 e. The van der Waals surface area contributed by atoms with Gasteiger partial charge in [-0.25, -0.2) is 15.0 Å². The Bertz CT molecular complexity index is 3590. The number of nitrogens with zero attached hydrogens (tertiary/aromatic N) is 9. The molecule has 2 N–H and O–H groups in total. The van der Waals surface area contributed by atoms with Gasteiger partial charge in [0.15, 0.2) is 17.1 Å². The standard InChI is InChI=1S/C26H25N5O3S.C26H2.H3N5O3S.11H2/c1-33-20-11-10-18(13-21(20)34-2)15-30-25-22(23-27-16-28-31(23)26(30)32)19-9-6-12-29(24(19)35-25)14-17-7-4-3-5-8-17;1-3-5-7-9-11-13-15-17-19-21-23-25-26-24-22-20-18-16-14-12-10-8-6-4-2;1-2-3-4-5(7-6)8-9;;;;;;;;;;;/h3-5,7-8,10-11,13,16H,6,9,12,14-15H2,1-2H3;1-2H;1,6,9H;11*1H/b;;2-1?,4-3+;;;;;;;;;;;. The summed E-state index contributed by atoms with van der Waals surface area (Å²) in [5.74, 6) is 59.5. The largest absolute Gasteiger partial charge is 0.493 e. The van der Waals surface area contributed by atoms with Crippen LogP contribution in [0.5, 0.6) is 11.5 Å². The van der Waals surface area contributed by atoms with Crippen LogP contribution in [0.2, 0.25) is 0 Å². The predicted molar refractivity (Wildman–Crippen MR) is 289 cm³/mol. The van der Waals surface area contributed by atoms with E-state index in [0.717, 1.165) is 41.7 Å². The number of ether oxygens (including phenoxy) is 2. The van der Waals surface area contributed by atoms with Crippen molar-refractivity contribution in [3.8, 4) is 166 Å². The highest BCUT2D eigenvalue weighted by atomic mass is 32.1. The van der Waals surface area contributed by atoms with Gasteiger partial charge in [-0.15, -0.1) is 12.8 Å². The summed E-state index contributed by atoms with van der Waals surface area (Å²) in [5, 5.41) is 22.3. The highest BCUT2D eigenvalue weighted by molar-refractivity contribution is 7.75. The van der Waals surface area contributed by atoms with E-state index in [-0.39, 0.29) is 26.7 Å². The van der Waals surface area contributed by atoms with Crippen molar-refractivity contribution in [3.05, 3.63) is 82.0 Å². The molecule has 16 nitrogen and oxygen atoms in total. The zero-order valence-electron chi connectivity index (χ0n) is 36.8. The van der Waals surface area contributed by atoms with E-state index in [0.29, 0.717) is 23.7 Å². The fourth-order valence-corrected chi connectivity index (χ4v) is 7.13. The highest BCUT2D eigenvalue weighted by Crippen LogP contribution is 2.43. The van der Waals surface area contributed by atoms with Crippen LogP contribution in [0.4, 0.5) is 5.00 Å². The number of aromatic nitrogens is 4. The molecule has 0 spiro atoms. The van der Waals surface area contributed by atoms with Gasteiger partial charge in [-0.05, 0) is 147 Å². The summed E-state index contributed by atoms with van der Waals surface area (Å²) in [7, 11) is 3.23. The van der Waals surface area contributed by atoms with Gasteiger partial charge in [-0.3, -0.25) is 4.57 Å². The average molecular weight is 977 g/mol. The van der Waals surface area contributed by atoms with Crippen LogP contribution < -0.4 is 20.1 Å². The first-order valence-corrected chi connectivity index (χ1v) is 20.6. The number of fused-ring (bicyclic) bond motifs is 5. The van der Waals surface area contributed by atoms with Gasteiger partial charge in [0.2, 0.25) is 0 Å². The number of thiol groups is 1. The van der Waals surface area contributed by atoms with E-state index in [2.05, 4.69) is 219 Å². The summed E-state index contributed by atoms with van der Waals surface area (Å²) in [4.78, 5) is 24.7. The van der Waals surface area contributed by atoms with Crippen LogP contribution in [0.3, 0.4) is 0 Å². The number of rotatable bonds is 10. The van der Waals surface area contributed by atoms with Gasteiger partial charge in [0.1, 0.15) is 11.2 Å². The Kier molecular flexibility index (Phi) is 23.0. The molecule has 0 amide bonds. The average Bonchev–Trinajstić information content (AvgIpc) is 4.04. The number of benzene rings is 2. The second-order valence-electron chi connectivity index (χ2n) is 12.3. The summed E-state index contributed by atoms with van der Waals surface area (Å²) in [5.41, 5.74) is 9.97. The van der Waals surface area contributed by atoms with Crippen molar-refractivity contribution in [2.24, 2.45) is 15.7 Å². The summed E-state index contributed by atoms with van der Waals surface area (Å²) in [6.45, 7) is 2.21. The van der Waals surface area contributed by atoms with Gasteiger partial charge in [0, 0.05) is 99.6 Å². The lowest BCUT2D eigenvalue weighted by atomic mass is 10.0. The smallest absolute Gasteiger partial charge is 0.352 e. The normalized spacial score (nSPS) is 9.37. The van der Waals surface area contributed by atoms with Gasteiger partial charge in [0.05, 0.1) is 31.2 Å².